The van der Waals surface area contributed by atoms with Gasteiger partial charge in [-0.2, -0.15) is 4.68 Å². The molecule has 1 heterocycles. The molecule has 2 aromatic rings. The second kappa shape index (κ2) is 4.63. The maximum atomic E-state index is 5.83. The van der Waals surface area contributed by atoms with Crippen LogP contribution in [0.15, 0.2) is 24.3 Å². The molecule has 0 bridgehead atoms. The zero-order chi connectivity index (χ0) is 12.4. The number of rotatable bonds is 3. The lowest BCUT2D eigenvalue weighted by Crippen LogP contribution is -2.13. The zero-order valence-electron chi connectivity index (χ0n) is 10.3. The molecule has 17 heavy (non-hydrogen) atoms. The Bertz CT molecular complexity index is 501. The van der Waals surface area contributed by atoms with Crippen molar-refractivity contribution in [2.75, 3.05) is 0 Å². The predicted molar refractivity (Wildman–Crippen MR) is 65.8 cm³/mol. The van der Waals surface area contributed by atoms with Gasteiger partial charge in [-0.25, -0.2) is 0 Å². The van der Waals surface area contributed by atoms with E-state index in [1.807, 2.05) is 19.1 Å². The fourth-order valence-electron chi connectivity index (χ4n) is 1.68. The largest absolute Gasteiger partial charge is 0.321 e. The molecule has 0 aliphatic rings. The van der Waals surface area contributed by atoms with E-state index in [4.69, 9.17) is 5.73 Å². The van der Waals surface area contributed by atoms with Gasteiger partial charge in [-0.05, 0) is 41.0 Å². The number of tetrazole rings is 1. The van der Waals surface area contributed by atoms with E-state index in [-0.39, 0.29) is 6.04 Å². The number of hydrogen-bond acceptors (Lipinski definition) is 4. The van der Waals surface area contributed by atoms with Crippen LogP contribution < -0.4 is 5.73 Å². The minimum atomic E-state index is -0.187. The molecule has 2 rings (SSSR count). The van der Waals surface area contributed by atoms with E-state index in [0.717, 1.165) is 5.69 Å². The van der Waals surface area contributed by atoms with Crippen LogP contribution in [0.3, 0.4) is 0 Å². The molecule has 0 radical (unpaired) electrons. The average molecular weight is 231 g/mol. The Morgan fingerprint density at radius 3 is 2.65 bits per heavy atom. The van der Waals surface area contributed by atoms with Crippen LogP contribution in [0, 0.1) is 0 Å². The first-order chi connectivity index (χ1) is 8.09. The van der Waals surface area contributed by atoms with E-state index in [1.165, 1.54) is 5.56 Å². The normalized spacial score (nSPS) is 13.0. The van der Waals surface area contributed by atoms with Crippen LogP contribution in [0.5, 0.6) is 0 Å². The van der Waals surface area contributed by atoms with Gasteiger partial charge in [0.15, 0.2) is 5.82 Å². The van der Waals surface area contributed by atoms with Gasteiger partial charge < -0.3 is 5.73 Å². The van der Waals surface area contributed by atoms with Gasteiger partial charge in [-0.1, -0.05) is 26.0 Å². The summed E-state index contributed by atoms with van der Waals surface area (Å²) in [6, 6.07) is 8.00. The Morgan fingerprint density at radius 2 is 2.00 bits per heavy atom. The number of nitrogens with zero attached hydrogens (tertiary/aromatic N) is 4. The highest BCUT2D eigenvalue weighted by Crippen LogP contribution is 2.19. The summed E-state index contributed by atoms with van der Waals surface area (Å²) in [5, 5.41) is 11.6. The first kappa shape index (κ1) is 11.7. The highest BCUT2D eigenvalue weighted by atomic mass is 15.5. The Balaban J connectivity index is 2.46. The molecule has 0 saturated carbocycles. The van der Waals surface area contributed by atoms with Gasteiger partial charge in [0.2, 0.25) is 0 Å². The van der Waals surface area contributed by atoms with E-state index in [1.54, 1.807) is 4.68 Å². The van der Waals surface area contributed by atoms with Gasteiger partial charge in [0.25, 0.3) is 0 Å². The Morgan fingerprint density at radius 1 is 1.24 bits per heavy atom. The third kappa shape index (κ3) is 2.34. The molecule has 0 amide bonds. The molecule has 5 heteroatoms. The van der Waals surface area contributed by atoms with E-state index in [0.29, 0.717) is 11.7 Å². The molecule has 1 atom stereocenters. The van der Waals surface area contributed by atoms with Crippen LogP contribution >= 0.6 is 0 Å². The maximum absolute atomic E-state index is 5.83. The molecular formula is C12H17N5. The summed E-state index contributed by atoms with van der Waals surface area (Å²) in [5.41, 5.74) is 8.04. The van der Waals surface area contributed by atoms with Gasteiger partial charge in [0.05, 0.1) is 11.7 Å². The molecule has 0 spiro atoms. The monoisotopic (exact) mass is 231 g/mol. The molecule has 1 aromatic heterocycles. The van der Waals surface area contributed by atoms with Crippen molar-refractivity contribution in [2.24, 2.45) is 5.73 Å². The lowest BCUT2D eigenvalue weighted by atomic mass is 10.0. The maximum Gasteiger partial charge on any atom is 0.173 e. The smallest absolute Gasteiger partial charge is 0.173 e. The minimum Gasteiger partial charge on any atom is -0.321 e. The van der Waals surface area contributed by atoms with Crippen LogP contribution in [0.2, 0.25) is 0 Å². The summed E-state index contributed by atoms with van der Waals surface area (Å²) in [6.07, 6.45) is 0. The summed E-state index contributed by atoms with van der Waals surface area (Å²) >= 11 is 0. The third-order valence-electron chi connectivity index (χ3n) is 2.68. The predicted octanol–water partition coefficient (Wildman–Crippen LogP) is 1.81. The van der Waals surface area contributed by atoms with Crippen LogP contribution in [0.25, 0.3) is 5.69 Å². The number of benzene rings is 1. The molecule has 2 N–H and O–H groups in total. The molecule has 0 aliphatic carbocycles. The quantitative estimate of drug-likeness (QED) is 0.874. The van der Waals surface area contributed by atoms with Crippen molar-refractivity contribution < 1.29 is 0 Å². The standard InChI is InChI=1S/C12H17N5/c1-8(2)10-5-4-6-11(7-10)17-12(9(3)13)14-15-16-17/h4-9H,13H2,1-3H3. The van der Waals surface area contributed by atoms with Gasteiger partial charge in [0.1, 0.15) is 0 Å². The third-order valence-corrected chi connectivity index (χ3v) is 2.68. The summed E-state index contributed by atoms with van der Waals surface area (Å²) in [5.74, 6) is 1.15. The van der Waals surface area contributed by atoms with Crippen molar-refractivity contribution in [1.82, 2.24) is 20.2 Å². The summed E-state index contributed by atoms with van der Waals surface area (Å²) < 4.78 is 1.69. The summed E-state index contributed by atoms with van der Waals surface area (Å²) in [6.45, 7) is 6.19. The first-order valence-corrected chi connectivity index (χ1v) is 5.73. The fraction of sp³-hybridized carbons (Fsp3) is 0.417. The molecule has 1 aromatic carbocycles. The van der Waals surface area contributed by atoms with Crippen molar-refractivity contribution in [3.63, 3.8) is 0 Å². The van der Waals surface area contributed by atoms with Gasteiger partial charge >= 0.3 is 0 Å². The lowest BCUT2D eigenvalue weighted by Gasteiger charge is -2.10. The zero-order valence-corrected chi connectivity index (χ0v) is 10.3. The van der Waals surface area contributed by atoms with E-state index >= 15 is 0 Å². The molecule has 0 saturated heterocycles. The SMILES string of the molecule is CC(C)c1cccc(-n2nnnc2C(C)N)c1. The molecule has 5 nitrogen and oxygen atoms in total. The van der Waals surface area contributed by atoms with Crippen molar-refractivity contribution in [3.05, 3.63) is 35.7 Å². The lowest BCUT2D eigenvalue weighted by molar-refractivity contribution is 0.687. The second-order valence-electron chi connectivity index (χ2n) is 4.49. The van der Waals surface area contributed by atoms with Crippen LogP contribution in [0.4, 0.5) is 0 Å². The van der Waals surface area contributed by atoms with E-state index < -0.39 is 0 Å². The minimum absolute atomic E-state index is 0.187. The first-order valence-electron chi connectivity index (χ1n) is 5.73. The van der Waals surface area contributed by atoms with Gasteiger partial charge in [-0.3, -0.25) is 0 Å². The molecule has 0 aliphatic heterocycles. The van der Waals surface area contributed by atoms with Gasteiger partial charge in [-0.15, -0.1) is 5.10 Å². The highest BCUT2D eigenvalue weighted by molar-refractivity contribution is 5.36. The number of hydrogen-bond donors (Lipinski definition) is 1. The highest BCUT2D eigenvalue weighted by Gasteiger charge is 2.12. The summed E-state index contributed by atoms with van der Waals surface area (Å²) in [4.78, 5) is 0. The Hall–Kier alpha value is -1.75. The summed E-state index contributed by atoms with van der Waals surface area (Å²) in [7, 11) is 0. The Kier molecular flexibility index (Phi) is 3.19. The van der Waals surface area contributed by atoms with E-state index in [9.17, 15) is 0 Å². The number of nitrogens with two attached hydrogens (primary N) is 1. The second-order valence-corrected chi connectivity index (χ2v) is 4.49. The molecular weight excluding hydrogens is 214 g/mol. The van der Waals surface area contributed by atoms with Crippen molar-refractivity contribution >= 4 is 0 Å². The topological polar surface area (TPSA) is 69.6 Å². The molecule has 0 fully saturated rings. The number of aromatic nitrogens is 4. The van der Waals surface area contributed by atoms with Crippen molar-refractivity contribution in [2.45, 2.75) is 32.7 Å². The average Bonchev–Trinajstić information content (AvgIpc) is 2.78. The van der Waals surface area contributed by atoms with Crippen LogP contribution in [-0.4, -0.2) is 20.2 Å². The van der Waals surface area contributed by atoms with Crippen molar-refractivity contribution in [3.8, 4) is 5.69 Å². The Labute approximate surface area is 101 Å². The van der Waals surface area contributed by atoms with Crippen LogP contribution in [-0.2, 0) is 0 Å². The fourth-order valence-corrected chi connectivity index (χ4v) is 1.68. The molecule has 90 valence electrons. The molecule has 1 unspecified atom stereocenters. The van der Waals surface area contributed by atoms with Crippen molar-refractivity contribution in [1.29, 1.82) is 0 Å². The van der Waals surface area contributed by atoms with E-state index in [2.05, 4.69) is 41.5 Å². The van der Waals surface area contributed by atoms with Crippen LogP contribution in [0.1, 0.15) is 44.1 Å². The van der Waals surface area contributed by atoms with Gasteiger partial charge in [0, 0.05) is 0 Å².